The number of ether oxygens (including phenoxy) is 2. The van der Waals surface area contributed by atoms with Crippen LogP contribution in [-0.2, 0) is 15.1 Å². The number of carbonyl (C=O) groups is 2. The first kappa shape index (κ1) is 23.8. The second kappa shape index (κ2) is 8.46. The summed E-state index contributed by atoms with van der Waals surface area (Å²) < 4.78 is 63.3. The lowest BCUT2D eigenvalue weighted by Crippen LogP contribution is -2.57. The van der Waals surface area contributed by atoms with Crippen LogP contribution in [0.1, 0.15) is 17.5 Å². The number of fused-ring (bicyclic) bond motifs is 1. The highest BCUT2D eigenvalue weighted by atomic mass is 19.4. The molecule has 2 aliphatic heterocycles. The molecule has 0 radical (unpaired) electrons. The number of hydrogen-bond donors (Lipinski definition) is 1. The molecule has 0 aromatic heterocycles. The molecule has 2 heterocycles. The third-order valence-electron chi connectivity index (χ3n) is 6.09. The summed E-state index contributed by atoms with van der Waals surface area (Å²) in [6, 6.07) is 8.88. The quantitative estimate of drug-likeness (QED) is 0.664. The highest BCUT2D eigenvalue weighted by Gasteiger charge is 2.59. The molecule has 0 spiro atoms. The van der Waals surface area contributed by atoms with Gasteiger partial charge in [0.15, 0.2) is 5.54 Å². The third-order valence-corrected chi connectivity index (χ3v) is 6.09. The van der Waals surface area contributed by atoms with E-state index < -0.39 is 41.7 Å². The molecule has 34 heavy (non-hydrogen) atoms. The number of benzene rings is 2. The fourth-order valence-corrected chi connectivity index (χ4v) is 4.80. The molecule has 1 unspecified atom stereocenters. The van der Waals surface area contributed by atoms with Gasteiger partial charge < -0.3 is 19.7 Å². The number of alkyl halides is 4. The van der Waals surface area contributed by atoms with Crippen LogP contribution in [0.2, 0.25) is 0 Å². The summed E-state index contributed by atoms with van der Waals surface area (Å²) in [5.74, 6) is -1.36. The van der Waals surface area contributed by atoms with Crippen LogP contribution in [0.3, 0.4) is 0 Å². The molecule has 1 fully saturated rings. The zero-order chi connectivity index (χ0) is 24.8. The number of halogens is 4. The Morgan fingerprint density at radius 1 is 1.18 bits per heavy atom. The average Bonchev–Trinajstić information content (AvgIpc) is 3.29. The number of methoxy groups -OCH3 is 1. The summed E-state index contributed by atoms with van der Waals surface area (Å²) in [6.45, 7) is -0.292. The number of hydrogen-bond acceptors (Lipinski definition) is 5. The first-order valence-electron chi connectivity index (χ1n) is 10.5. The summed E-state index contributed by atoms with van der Waals surface area (Å²) in [7, 11) is 4.41. The molecule has 1 N–H and O–H groups in total. The Labute approximate surface area is 193 Å². The Bertz CT molecular complexity index is 1120. The van der Waals surface area contributed by atoms with Crippen LogP contribution in [-0.4, -0.2) is 67.9 Å². The number of carbonyl (C=O) groups excluding carboxylic acids is 2. The molecule has 1 saturated heterocycles. The van der Waals surface area contributed by atoms with Gasteiger partial charge in [-0.25, -0.2) is 4.39 Å². The second-order valence-electron chi connectivity index (χ2n) is 8.35. The maximum atomic E-state index is 14.8. The Morgan fingerprint density at radius 2 is 1.88 bits per heavy atom. The van der Waals surface area contributed by atoms with Gasteiger partial charge in [-0.3, -0.25) is 14.5 Å². The lowest BCUT2D eigenvalue weighted by Gasteiger charge is -2.41. The highest BCUT2D eigenvalue weighted by molar-refractivity contribution is 6.09. The minimum atomic E-state index is -4.96. The van der Waals surface area contributed by atoms with Gasteiger partial charge in [0.25, 0.3) is 5.91 Å². The molecule has 7 nitrogen and oxygen atoms in total. The summed E-state index contributed by atoms with van der Waals surface area (Å²) in [4.78, 5) is 29.5. The summed E-state index contributed by atoms with van der Waals surface area (Å²) >= 11 is 0. The van der Waals surface area contributed by atoms with Crippen LogP contribution in [0.4, 0.5) is 23.2 Å². The third kappa shape index (κ3) is 3.83. The standard InChI is InChI=1S/C23H23F4N3O4/c1-29(2)20(31)18-10-13(24)12-30(18)22(15-6-4-5-7-19(15)33-3)16-11-14(34-23(25,26)27)8-9-17(16)28-21(22)32/h4-9,11,13,18H,10,12H2,1-3H3,(H,28,32)/t13-,18+,22?/m1/s1. The van der Waals surface area contributed by atoms with E-state index in [1.165, 1.54) is 37.1 Å². The van der Waals surface area contributed by atoms with Crippen LogP contribution in [0.5, 0.6) is 11.5 Å². The lowest BCUT2D eigenvalue weighted by atomic mass is 9.80. The number of nitrogens with one attached hydrogen (secondary N) is 1. The minimum Gasteiger partial charge on any atom is -0.496 e. The van der Waals surface area contributed by atoms with Gasteiger partial charge >= 0.3 is 6.36 Å². The van der Waals surface area contributed by atoms with E-state index in [9.17, 15) is 27.2 Å². The van der Waals surface area contributed by atoms with Gasteiger partial charge in [-0.05, 0) is 24.3 Å². The fraction of sp³-hybridized carbons (Fsp3) is 0.391. The normalized spacial score (nSPS) is 24.5. The van der Waals surface area contributed by atoms with Gasteiger partial charge in [-0.15, -0.1) is 13.2 Å². The zero-order valence-corrected chi connectivity index (χ0v) is 18.6. The van der Waals surface area contributed by atoms with E-state index in [-0.39, 0.29) is 35.5 Å². The summed E-state index contributed by atoms with van der Waals surface area (Å²) in [5.41, 5.74) is -1.24. The van der Waals surface area contributed by atoms with Gasteiger partial charge in [0.05, 0.1) is 13.2 Å². The van der Waals surface area contributed by atoms with Crippen molar-refractivity contribution in [2.45, 2.75) is 30.5 Å². The number of amides is 2. The van der Waals surface area contributed by atoms with Gasteiger partial charge in [0, 0.05) is 43.9 Å². The topological polar surface area (TPSA) is 71.1 Å². The molecule has 4 rings (SSSR count). The molecule has 0 aliphatic carbocycles. The number of para-hydroxylation sites is 1. The van der Waals surface area contributed by atoms with Crippen molar-refractivity contribution in [3.63, 3.8) is 0 Å². The monoisotopic (exact) mass is 481 g/mol. The number of nitrogens with zero attached hydrogens (tertiary/aromatic N) is 2. The number of likely N-dealkylation sites (N-methyl/N-ethyl adjacent to an activating group) is 1. The molecule has 2 aromatic carbocycles. The first-order valence-corrected chi connectivity index (χ1v) is 10.5. The molecule has 182 valence electrons. The van der Waals surface area contributed by atoms with Crippen LogP contribution in [0, 0.1) is 0 Å². The van der Waals surface area contributed by atoms with Crippen molar-refractivity contribution in [3.05, 3.63) is 53.6 Å². The van der Waals surface area contributed by atoms with Crippen molar-refractivity contribution in [2.24, 2.45) is 0 Å². The molecule has 0 bridgehead atoms. The zero-order valence-electron chi connectivity index (χ0n) is 18.6. The van der Waals surface area contributed by atoms with Crippen LogP contribution >= 0.6 is 0 Å². The average molecular weight is 481 g/mol. The maximum Gasteiger partial charge on any atom is 0.573 e. The van der Waals surface area contributed by atoms with Crippen LogP contribution in [0.25, 0.3) is 0 Å². The second-order valence-corrected chi connectivity index (χ2v) is 8.35. The molecular weight excluding hydrogens is 458 g/mol. The van der Waals surface area contributed by atoms with Crippen molar-refractivity contribution >= 4 is 17.5 Å². The number of anilines is 1. The van der Waals surface area contributed by atoms with Crippen molar-refractivity contribution in [2.75, 3.05) is 33.1 Å². The SMILES string of the molecule is COc1ccccc1C1(N2C[C@H](F)C[C@H]2C(=O)N(C)C)C(=O)Nc2ccc(OC(F)(F)F)cc21. The summed E-state index contributed by atoms with van der Waals surface area (Å²) in [6.07, 6.45) is -6.57. The maximum absolute atomic E-state index is 14.8. The van der Waals surface area contributed by atoms with E-state index >= 15 is 0 Å². The van der Waals surface area contributed by atoms with E-state index in [0.717, 1.165) is 12.1 Å². The molecule has 11 heteroatoms. The van der Waals surface area contributed by atoms with E-state index in [4.69, 9.17) is 4.74 Å². The minimum absolute atomic E-state index is 0.106. The van der Waals surface area contributed by atoms with Gasteiger partial charge in [-0.1, -0.05) is 18.2 Å². The molecule has 2 aliphatic rings. The first-order chi connectivity index (χ1) is 16.0. The van der Waals surface area contributed by atoms with Crippen LogP contribution < -0.4 is 14.8 Å². The predicted molar refractivity (Wildman–Crippen MR) is 114 cm³/mol. The molecular formula is C23H23F4N3O4. The molecule has 2 aromatic rings. The number of likely N-dealkylation sites (tertiary alicyclic amines) is 1. The smallest absolute Gasteiger partial charge is 0.496 e. The van der Waals surface area contributed by atoms with Gasteiger partial charge in [0.2, 0.25) is 5.91 Å². The van der Waals surface area contributed by atoms with E-state index in [0.29, 0.717) is 0 Å². The van der Waals surface area contributed by atoms with Crippen molar-refractivity contribution in [1.29, 1.82) is 0 Å². The van der Waals surface area contributed by atoms with E-state index in [1.54, 1.807) is 24.3 Å². The van der Waals surface area contributed by atoms with Crippen molar-refractivity contribution in [3.8, 4) is 11.5 Å². The molecule has 3 atom stereocenters. The lowest BCUT2D eigenvalue weighted by molar-refractivity contribution is -0.274. The Morgan fingerprint density at radius 3 is 2.53 bits per heavy atom. The fourth-order valence-electron chi connectivity index (χ4n) is 4.80. The largest absolute Gasteiger partial charge is 0.573 e. The van der Waals surface area contributed by atoms with Gasteiger partial charge in [-0.2, -0.15) is 0 Å². The van der Waals surface area contributed by atoms with Gasteiger partial charge in [0.1, 0.15) is 17.7 Å². The molecule has 2 amide bonds. The predicted octanol–water partition coefficient (Wildman–Crippen LogP) is 3.29. The summed E-state index contributed by atoms with van der Waals surface area (Å²) in [5, 5.41) is 2.69. The Kier molecular flexibility index (Phi) is 5.92. The number of rotatable bonds is 5. The van der Waals surface area contributed by atoms with E-state index in [1.807, 2.05) is 0 Å². The van der Waals surface area contributed by atoms with Crippen molar-refractivity contribution in [1.82, 2.24) is 9.80 Å². The highest BCUT2D eigenvalue weighted by Crippen LogP contribution is 2.52. The van der Waals surface area contributed by atoms with E-state index in [2.05, 4.69) is 10.1 Å². The molecule has 0 saturated carbocycles. The van der Waals surface area contributed by atoms with Crippen LogP contribution in [0.15, 0.2) is 42.5 Å². The van der Waals surface area contributed by atoms with Crippen molar-refractivity contribution < 1.29 is 36.6 Å². The Balaban J connectivity index is 2.00. The Hall–Kier alpha value is -3.34.